The van der Waals surface area contributed by atoms with Crippen molar-refractivity contribution in [2.45, 2.75) is 6.92 Å². The Bertz CT molecular complexity index is 951. The molecule has 2 heterocycles. The Balaban J connectivity index is 2.12. The highest BCUT2D eigenvalue weighted by Crippen LogP contribution is 2.31. The summed E-state index contributed by atoms with van der Waals surface area (Å²) in [6, 6.07) is 6.92. The summed E-state index contributed by atoms with van der Waals surface area (Å²) in [6.07, 6.45) is 0. The number of hydrogen-bond acceptors (Lipinski definition) is 5. The zero-order valence-corrected chi connectivity index (χ0v) is 14.3. The fraction of sp³-hybridized carbons (Fsp3) is 0.188. The molecule has 1 amide bonds. The maximum absolute atomic E-state index is 12.2. The largest absolute Gasteiger partial charge is 0.493 e. The lowest BCUT2D eigenvalue weighted by Crippen LogP contribution is -2.13. The molecule has 0 saturated heterocycles. The van der Waals surface area contributed by atoms with Gasteiger partial charge in [-0.15, -0.1) is 22.9 Å². The summed E-state index contributed by atoms with van der Waals surface area (Å²) in [6.45, 7) is 2.33. The standard InChI is InChI=1S/C16H14ClN3O3S/c1-2-23-12-4-3-9(18-13(21)8-17)7-10(12)15-19-11-5-6-24-14(11)16(22)20-15/h3-7H,2,8H2,1H3,(H,18,21)(H,19,20,22). The van der Waals surface area contributed by atoms with Gasteiger partial charge < -0.3 is 15.0 Å². The number of rotatable bonds is 5. The predicted octanol–water partition coefficient (Wildman–Crippen LogP) is 3.23. The minimum Gasteiger partial charge on any atom is -0.493 e. The van der Waals surface area contributed by atoms with Crippen LogP contribution in [-0.4, -0.2) is 28.4 Å². The Labute approximate surface area is 146 Å². The zero-order valence-electron chi connectivity index (χ0n) is 12.8. The number of thiophene rings is 1. The third kappa shape index (κ3) is 3.27. The summed E-state index contributed by atoms with van der Waals surface area (Å²) < 4.78 is 6.19. The first-order valence-electron chi connectivity index (χ1n) is 7.23. The molecule has 0 aliphatic carbocycles. The molecule has 124 valence electrons. The number of alkyl halides is 1. The van der Waals surface area contributed by atoms with E-state index in [0.717, 1.165) is 0 Å². The predicted molar refractivity (Wildman–Crippen MR) is 96.2 cm³/mol. The number of H-pyrrole nitrogens is 1. The van der Waals surface area contributed by atoms with Crippen molar-refractivity contribution in [3.63, 3.8) is 0 Å². The summed E-state index contributed by atoms with van der Waals surface area (Å²) in [4.78, 5) is 30.9. The average Bonchev–Trinajstić information content (AvgIpc) is 3.05. The van der Waals surface area contributed by atoms with Crippen molar-refractivity contribution in [2.75, 3.05) is 17.8 Å². The van der Waals surface area contributed by atoms with Gasteiger partial charge in [0.15, 0.2) is 0 Å². The van der Waals surface area contributed by atoms with Crippen molar-refractivity contribution in [1.29, 1.82) is 0 Å². The van der Waals surface area contributed by atoms with Crippen LogP contribution in [-0.2, 0) is 4.79 Å². The first-order chi connectivity index (χ1) is 11.6. The number of aromatic nitrogens is 2. The molecule has 0 spiro atoms. The maximum atomic E-state index is 12.2. The molecule has 3 aromatic rings. The van der Waals surface area contributed by atoms with E-state index in [4.69, 9.17) is 16.3 Å². The molecule has 0 radical (unpaired) electrons. The fourth-order valence-electron chi connectivity index (χ4n) is 2.27. The van der Waals surface area contributed by atoms with Gasteiger partial charge in [0.05, 0.1) is 17.7 Å². The van der Waals surface area contributed by atoms with E-state index in [0.29, 0.717) is 39.6 Å². The molecule has 1 aromatic carbocycles. The molecule has 0 unspecified atom stereocenters. The van der Waals surface area contributed by atoms with Crippen LogP contribution in [0.4, 0.5) is 5.69 Å². The molecule has 0 fully saturated rings. The lowest BCUT2D eigenvalue weighted by Gasteiger charge is -2.12. The highest BCUT2D eigenvalue weighted by atomic mass is 35.5. The number of halogens is 1. The van der Waals surface area contributed by atoms with Gasteiger partial charge in [-0.05, 0) is 36.6 Å². The number of aromatic amines is 1. The Morgan fingerprint density at radius 2 is 2.25 bits per heavy atom. The third-order valence-electron chi connectivity index (χ3n) is 3.25. The van der Waals surface area contributed by atoms with Crippen LogP contribution in [0.25, 0.3) is 21.6 Å². The van der Waals surface area contributed by atoms with Gasteiger partial charge >= 0.3 is 0 Å². The van der Waals surface area contributed by atoms with Gasteiger partial charge in [-0.2, -0.15) is 0 Å². The van der Waals surface area contributed by atoms with Crippen molar-refractivity contribution in [2.24, 2.45) is 0 Å². The van der Waals surface area contributed by atoms with Crippen molar-refractivity contribution in [3.05, 3.63) is 40.0 Å². The van der Waals surface area contributed by atoms with E-state index >= 15 is 0 Å². The highest BCUT2D eigenvalue weighted by Gasteiger charge is 2.13. The second-order valence-electron chi connectivity index (χ2n) is 4.88. The van der Waals surface area contributed by atoms with Crippen LogP contribution in [0.2, 0.25) is 0 Å². The van der Waals surface area contributed by atoms with Crippen LogP contribution in [0.15, 0.2) is 34.4 Å². The Morgan fingerprint density at radius 3 is 3.00 bits per heavy atom. The summed E-state index contributed by atoms with van der Waals surface area (Å²) in [7, 11) is 0. The van der Waals surface area contributed by atoms with Crippen molar-refractivity contribution < 1.29 is 9.53 Å². The van der Waals surface area contributed by atoms with Crippen molar-refractivity contribution >= 4 is 44.7 Å². The Kier molecular flexibility index (Phi) is 4.82. The third-order valence-corrected chi connectivity index (χ3v) is 4.40. The number of nitrogens with one attached hydrogen (secondary N) is 2. The van der Waals surface area contributed by atoms with E-state index in [1.54, 1.807) is 24.3 Å². The number of hydrogen-bond donors (Lipinski definition) is 2. The first kappa shape index (κ1) is 16.5. The number of amides is 1. The van der Waals surface area contributed by atoms with Crippen LogP contribution >= 0.6 is 22.9 Å². The number of nitrogens with zero attached hydrogens (tertiary/aromatic N) is 1. The van der Waals surface area contributed by atoms with E-state index < -0.39 is 0 Å². The summed E-state index contributed by atoms with van der Waals surface area (Å²) in [5, 5.41) is 4.49. The molecular weight excluding hydrogens is 350 g/mol. The van der Waals surface area contributed by atoms with Gasteiger partial charge in [0.2, 0.25) is 5.91 Å². The first-order valence-corrected chi connectivity index (χ1v) is 8.64. The molecular formula is C16H14ClN3O3S. The fourth-order valence-corrected chi connectivity index (χ4v) is 3.06. The SMILES string of the molecule is CCOc1ccc(NC(=O)CCl)cc1-c1nc2ccsc2c(=O)[nH]1. The number of carbonyl (C=O) groups excluding carboxylic acids is 1. The zero-order chi connectivity index (χ0) is 17.1. The monoisotopic (exact) mass is 363 g/mol. The number of ether oxygens (including phenoxy) is 1. The van der Waals surface area contributed by atoms with Crippen LogP contribution < -0.4 is 15.6 Å². The van der Waals surface area contributed by atoms with Gasteiger partial charge in [0, 0.05) is 5.69 Å². The topological polar surface area (TPSA) is 84.1 Å². The van der Waals surface area contributed by atoms with Crippen LogP contribution in [0, 0.1) is 0 Å². The van der Waals surface area contributed by atoms with Gasteiger partial charge in [0.25, 0.3) is 5.56 Å². The molecule has 2 N–H and O–H groups in total. The number of anilines is 1. The molecule has 8 heteroatoms. The minimum absolute atomic E-state index is 0.140. The minimum atomic E-state index is -0.318. The van der Waals surface area contributed by atoms with E-state index in [-0.39, 0.29) is 17.3 Å². The lowest BCUT2D eigenvalue weighted by atomic mass is 10.1. The smallest absolute Gasteiger partial charge is 0.269 e. The molecule has 6 nitrogen and oxygen atoms in total. The average molecular weight is 364 g/mol. The summed E-state index contributed by atoms with van der Waals surface area (Å²) in [5.74, 6) is 0.496. The van der Waals surface area contributed by atoms with Gasteiger partial charge in [-0.1, -0.05) is 0 Å². The molecule has 2 aromatic heterocycles. The van der Waals surface area contributed by atoms with E-state index in [9.17, 15) is 9.59 Å². The van der Waals surface area contributed by atoms with E-state index in [1.165, 1.54) is 11.3 Å². The number of carbonyl (C=O) groups is 1. The van der Waals surface area contributed by atoms with Crippen LogP contribution in [0.5, 0.6) is 5.75 Å². The molecule has 0 aliphatic heterocycles. The second kappa shape index (κ2) is 7.02. The molecule has 0 saturated carbocycles. The highest BCUT2D eigenvalue weighted by molar-refractivity contribution is 7.17. The second-order valence-corrected chi connectivity index (χ2v) is 6.06. The lowest BCUT2D eigenvalue weighted by molar-refractivity contribution is -0.113. The molecule has 3 rings (SSSR count). The normalized spacial score (nSPS) is 10.8. The van der Waals surface area contributed by atoms with E-state index in [1.807, 2.05) is 12.3 Å². The summed E-state index contributed by atoms with van der Waals surface area (Å²) >= 11 is 6.86. The molecule has 0 bridgehead atoms. The van der Waals surface area contributed by atoms with Gasteiger partial charge in [0.1, 0.15) is 22.2 Å². The molecule has 0 atom stereocenters. The molecule has 0 aliphatic rings. The van der Waals surface area contributed by atoms with Crippen molar-refractivity contribution in [3.8, 4) is 17.1 Å². The van der Waals surface area contributed by atoms with Gasteiger partial charge in [-0.25, -0.2) is 4.98 Å². The maximum Gasteiger partial charge on any atom is 0.269 e. The van der Waals surface area contributed by atoms with Crippen molar-refractivity contribution in [1.82, 2.24) is 9.97 Å². The quantitative estimate of drug-likeness (QED) is 0.681. The van der Waals surface area contributed by atoms with Gasteiger partial charge in [-0.3, -0.25) is 9.59 Å². The number of fused-ring (bicyclic) bond motifs is 1. The number of benzene rings is 1. The Hall–Kier alpha value is -2.38. The van der Waals surface area contributed by atoms with E-state index in [2.05, 4.69) is 15.3 Å². The Morgan fingerprint density at radius 1 is 1.42 bits per heavy atom. The van der Waals surface area contributed by atoms with Crippen LogP contribution in [0.1, 0.15) is 6.92 Å². The van der Waals surface area contributed by atoms with Crippen LogP contribution in [0.3, 0.4) is 0 Å². The molecule has 24 heavy (non-hydrogen) atoms. The summed E-state index contributed by atoms with van der Waals surface area (Å²) in [5.41, 5.74) is 1.56.